The van der Waals surface area contributed by atoms with Crippen molar-refractivity contribution in [2.75, 3.05) is 34.0 Å². The summed E-state index contributed by atoms with van der Waals surface area (Å²) in [5, 5.41) is 3.73. The highest BCUT2D eigenvalue weighted by Gasteiger charge is 2.13. The van der Waals surface area contributed by atoms with Crippen LogP contribution in [0.5, 0.6) is 0 Å². The van der Waals surface area contributed by atoms with Crippen molar-refractivity contribution >= 4 is 0 Å². The number of ether oxygens (including phenoxy) is 3. The molecule has 1 rings (SSSR count). The molecular weight excluding hydrogens is 214 g/mol. The SMILES string of the molecule is COCCOCc1nc(C(N)COC)no1. The summed E-state index contributed by atoms with van der Waals surface area (Å²) in [5.74, 6) is 0.824. The zero-order valence-corrected chi connectivity index (χ0v) is 9.51. The van der Waals surface area contributed by atoms with Crippen LogP contribution in [-0.4, -0.2) is 44.2 Å². The van der Waals surface area contributed by atoms with Crippen molar-refractivity contribution < 1.29 is 18.7 Å². The van der Waals surface area contributed by atoms with Crippen molar-refractivity contribution in [1.29, 1.82) is 0 Å². The first-order chi connectivity index (χ1) is 7.77. The molecule has 7 heteroatoms. The van der Waals surface area contributed by atoms with E-state index < -0.39 is 0 Å². The summed E-state index contributed by atoms with van der Waals surface area (Å²) < 4.78 is 19.9. The molecule has 7 nitrogen and oxygen atoms in total. The van der Waals surface area contributed by atoms with Gasteiger partial charge in [-0.2, -0.15) is 4.98 Å². The van der Waals surface area contributed by atoms with Crippen LogP contribution in [0.1, 0.15) is 17.8 Å². The Kier molecular flexibility index (Phi) is 5.94. The number of aromatic nitrogens is 2. The quantitative estimate of drug-likeness (QED) is 0.623. The average Bonchev–Trinajstić information content (AvgIpc) is 2.73. The maximum atomic E-state index is 5.72. The maximum absolute atomic E-state index is 5.72. The van der Waals surface area contributed by atoms with Gasteiger partial charge in [-0.15, -0.1) is 0 Å². The second kappa shape index (κ2) is 7.29. The van der Waals surface area contributed by atoms with Crippen LogP contribution in [0.25, 0.3) is 0 Å². The molecule has 0 spiro atoms. The second-order valence-electron chi connectivity index (χ2n) is 3.15. The normalized spacial score (nSPS) is 12.9. The first kappa shape index (κ1) is 13.0. The van der Waals surface area contributed by atoms with Gasteiger partial charge in [-0.25, -0.2) is 0 Å². The number of hydrogen-bond acceptors (Lipinski definition) is 7. The summed E-state index contributed by atoms with van der Waals surface area (Å²) in [6.45, 7) is 1.63. The highest BCUT2D eigenvalue weighted by molar-refractivity contribution is 4.92. The first-order valence-corrected chi connectivity index (χ1v) is 4.91. The molecule has 0 amide bonds. The highest BCUT2D eigenvalue weighted by atomic mass is 16.5. The van der Waals surface area contributed by atoms with Crippen LogP contribution in [0.3, 0.4) is 0 Å². The van der Waals surface area contributed by atoms with Gasteiger partial charge in [0.2, 0.25) is 0 Å². The van der Waals surface area contributed by atoms with E-state index in [-0.39, 0.29) is 12.6 Å². The fraction of sp³-hybridized carbons (Fsp3) is 0.778. The first-order valence-electron chi connectivity index (χ1n) is 4.91. The molecule has 1 heterocycles. The van der Waals surface area contributed by atoms with Gasteiger partial charge < -0.3 is 24.5 Å². The maximum Gasteiger partial charge on any atom is 0.252 e. The van der Waals surface area contributed by atoms with Crippen LogP contribution in [0.4, 0.5) is 0 Å². The summed E-state index contributed by atoms with van der Waals surface area (Å²) in [6.07, 6.45) is 0. The van der Waals surface area contributed by atoms with Gasteiger partial charge in [-0.1, -0.05) is 5.16 Å². The minimum Gasteiger partial charge on any atom is -0.383 e. The summed E-state index contributed by atoms with van der Waals surface area (Å²) in [7, 11) is 3.17. The van der Waals surface area contributed by atoms with Crippen molar-refractivity contribution in [1.82, 2.24) is 10.1 Å². The Bertz CT molecular complexity index is 292. The predicted molar refractivity (Wildman–Crippen MR) is 54.6 cm³/mol. The fourth-order valence-corrected chi connectivity index (χ4v) is 1.03. The van der Waals surface area contributed by atoms with Gasteiger partial charge in [0, 0.05) is 14.2 Å². The molecule has 1 aromatic heterocycles. The van der Waals surface area contributed by atoms with Crippen LogP contribution in [0.15, 0.2) is 4.52 Å². The molecule has 0 radical (unpaired) electrons. The van der Waals surface area contributed by atoms with Gasteiger partial charge in [0.15, 0.2) is 5.82 Å². The molecule has 0 fully saturated rings. The molecule has 1 atom stereocenters. The Morgan fingerprint density at radius 3 is 2.81 bits per heavy atom. The highest BCUT2D eigenvalue weighted by Crippen LogP contribution is 2.07. The molecular formula is C9H17N3O4. The predicted octanol–water partition coefficient (Wildman–Crippen LogP) is -0.121. The molecule has 16 heavy (non-hydrogen) atoms. The lowest BCUT2D eigenvalue weighted by atomic mass is 10.3. The Morgan fingerprint density at radius 2 is 2.12 bits per heavy atom. The third-order valence-corrected chi connectivity index (χ3v) is 1.82. The van der Waals surface area contributed by atoms with Crippen molar-refractivity contribution in [2.45, 2.75) is 12.6 Å². The Balaban J connectivity index is 2.33. The van der Waals surface area contributed by atoms with Crippen molar-refractivity contribution in [3.05, 3.63) is 11.7 Å². The zero-order chi connectivity index (χ0) is 11.8. The topological polar surface area (TPSA) is 92.6 Å². The van der Waals surface area contributed by atoms with Gasteiger partial charge in [-0.05, 0) is 0 Å². The van der Waals surface area contributed by atoms with Crippen molar-refractivity contribution in [2.24, 2.45) is 5.73 Å². The van der Waals surface area contributed by atoms with E-state index in [9.17, 15) is 0 Å². The Labute approximate surface area is 93.9 Å². The minimum absolute atomic E-state index is 0.260. The van der Waals surface area contributed by atoms with E-state index in [0.717, 1.165) is 0 Å². The van der Waals surface area contributed by atoms with E-state index >= 15 is 0 Å². The molecule has 2 N–H and O–H groups in total. The molecule has 0 aromatic carbocycles. The smallest absolute Gasteiger partial charge is 0.252 e. The molecule has 92 valence electrons. The standard InChI is InChI=1S/C9H17N3O4/c1-13-3-4-15-6-8-11-9(12-16-8)7(10)5-14-2/h7H,3-6,10H2,1-2H3. The second-order valence-corrected chi connectivity index (χ2v) is 3.15. The van der Waals surface area contributed by atoms with Gasteiger partial charge in [-0.3, -0.25) is 0 Å². The van der Waals surface area contributed by atoms with Crippen LogP contribution in [0.2, 0.25) is 0 Å². The minimum atomic E-state index is -0.374. The van der Waals surface area contributed by atoms with E-state index in [1.807, 2.05) is 0 Å². The van der Waals surface area contributed by atoms with E-state index in [1.165, 1.54) is 0 Å². The summed E-state index contributed by atoms with van der Waals surface area (Å²) in [4.78, 5) is 4.08. The van der Waals surface area contributed by atoms with Crippen LogP contribution < -0.4 is 5.73 Å². The van der Waals surface area contributed by atoms with Crippen LogP contribution in [0, 0.1) is 0 Å². The van der Waals surface area contributed by atoms with Crippen molar-refractivity contribution in [3.63, 3.8) is 0 Å². The lowest BCUT2D eigenvalue weighted by molar-refractivity contribution is 0.0494. The third-order valence-electron chi connectivity index (χ3n) is 1.82. The van der Waals surface area contributed by atoms with Gasteiger partial charge >= 0.3 is 0 Å². The number of nitrogens with zero attached hydrogens (tertiary/aromatic N) is 2. The van der Waals surface area contributed by atoms with Crippen LogP contribution in [-0.2, 0) is 20.8 Å². The Hall–Kier alpha value is -1.02. The largest absolute Gasteiger partial charge is 0.383 e. The monoisotopic (exact) mass is 231 g/mol. The molecule has 0 saturated carbocycles. The molecule has 0 saturated heterocycles. The number of nitrogens with two attached hydrogens (primary N) is 1. The van der Waals surface area contributed by atoms with E-state index in [2.05, 4.69) is 10.1 Å². The molecule has 0 bridgehead atoms. The van der Waals surface area contributed by atoms with Gasteiger partial charge in [0.25, 0.3) is 5.89 Å². The van der Waals surface area contributed by atoms with Crippen molar-refractivity contribution in [3.8, 4) is 0 Å². The number of rotatable bonds is 8. The van der Waals surface area contributed by atoms with Gasteiger partial charge in [0.1, 0.15) is 6.61 Å². The summed E-state index contributed by atoms with van der Waals surface area (Å²) in [5.41, 5.74) is 5.72. The molecule has 0 aliphatic heterocycles. The van der Waals surface area contributed by atoms with E-state index in [4.69, 9.17) is 24.5 Å². The lowest BCUT2D eigenvalue weighted by Gasteiger charge is -2.03. The molecule has 1 unspecified atom stereocenters. The molecule has 0 aliphatic carbocycles. The summed E-state index contributed by atoms with van der Waals surface area (Å²) in [6, 6.07) is -0.374. The number of hydrogen-bond donors (Lipinski definition) is 1. The zero-order valence-electron chi connectivity index (χ0n) is 9.51. The van der Waals surface area contributed by atoms with E-state index in [1.54, 1.807) is 14.2 Å². The van der Waals surface area contributed by atoms with Gasteiger partial charge in [0.05, 0.1) is 25.9 Å². The molecule has 0 aliphatic rings. The average molecular weight is 231 g/mol. The van der Waals surface area contributed by atoms with E-state index in [0.29, 0.717) is 31.5 Å². The van der Waals surface area contributed by atoms with Crippen LogP contribution >= 0.6 is 0 Å². The fourth-order valence-electron chi connectivity index (χ4n) is 1.03. The number of methoxy groups -OCH3 is 2. The third kappa shape index (κ3) is 4.23. The molecule has 1 aromatic rings. The Morgan fingerprint density at radius 1 is 1.31 bits per heavy atom. The summed E-state index contributed by atoms with van der Waals surface area (Å²) >= 11 is 0. The lowest BCUT2D eigenvalue weighted by Crippen LogP contribution is -2.17.